The number of halogens is 1. The summed E-state index contributed by atoms with van der Waals surface area (Å²) in [4.78, 5) is 24.9. The normalized spacial score (nSPS) is 14.2. The molecular formula is C40H51FO7. The largest absolute Gasteiger partial charge is 0.494 e. The van der Waals surface area contributed by atoms with Gasteiger partial charge in [0.25, 0.3) is 0 Å². The zero-order valence-corrected chi connectivity index (χ0v) is 28.8. The second-order valence-corrected chi connectivity index (χ2v) is 13.3. The number of carbonyl (C=O) groups excluding carboxylic acids is 2. The van der Waals surface area contributed by atoms with Gasteiger partial charge in [-0.05, 0) is 66.3 Å². The van der Waals surface area contributed by atoms with Gasteiger partial charge in [-0.25, -0.2) is 14.0 Å². The van der Waals surface area contributed by atoms with Crippen LogP contribution in [0.4, 0.5) is 4.39 Å². The fourth-order valence-electron chi connectivity index (χ4n) is 5.26. The highest BCUT2D eigenvalue weighted by atomic mass is 19.1. The van der Waals surface area contributed by atoms with Gasteiger partial charge < -0.3 is 23.7 Å². The Labute approximate surface area is 285 Å². The van der Waals surface area contributed by atoms with Gasteiger partial charge in [0.1, 0.15) is 17.3 Å². The molecule has 0 spiro atoms. The summed E-state index contributed by atoms with van der Waals surface area (Å²) in [6, 6.07) is 18.6. The molecule has 1 saturated heterocycles. The molecule has 0 bridgehead atoms. The quantitative estimate of drug-likeness (QED) is 0.0639. The molecule has 0 amide bonds. The van der Waals surface area contributed by atoms with Crippen molar-refractivity contribution in [3.05, 3.63) is 83.7 Å². The zero-order valence-electron chi connectivity index (χ0n) is 28.8. The van der Waals surface area contributed by atoms with E-state index in [1.165, 1.54) is 50.7 Å². The predicted molar refractivity (Wildman–Crippen MR) is 185 cm³/mol. The Bertz CT molecular complexity index is 1420. The van der Waals surface area contributed by atoms with Crippen molar-refractivity contribution in [1.29, 1.82) is 0 Å². The summed E-state index contributed by atoms with van der Waals surface area (Å²) >= 11 is 0. The summed E-state index contributed by atoms with van der Waals surface area (Å²) in [7, 11) is 0. The summed E-state index contributed by atoms with van der Waals surface area (Å²) in [5.74, 6) is -1.14. The van der Waals surface area contributed by atoms with Crippen molar-refractivity contribution in [2.75, 3.05) is 39.6 Å². The van der Waals surface area contributed by atoms with E-state index in [9.17, 15) is 14.0 Å². The van der Waals surface area contributed by atoms with Crippen molar-refractivity contribution in [3.8, 4) is 22.6 Å². The van der Waals surface area contributed by atoms with Crippen LogP contribution in [0.2, 0.25) is 0 Å². The molecule has 260 valence electrons. The van der Waals surface area contributed by atoms with Gasteiger partial charge in [0.05, 0.1) is 44.2 Å². The molecule has 1 atom stereocenters. The summed E-state index contributed by atoms with van der Waals surface area (Å²) < 4.78 is 42.1. The Balaban J connectivity index is 1.09. The first-order valence-electron chi connectivity index (χ1n) is 17.4. The van der Waals surface area contributed by atoms with Crippen LogP contribution >= 0.6 is 0 Å². The lowest BCUT2D eigenvalue weighted by Gasteiger charge is -2.37. The first kappa shape index (κ1) is 37.1. The van der Waals surface area contributed by atoms with E-state index in [2.05, 4.69) is 6.92 Å². The maximum atomic E-state index is 14.5. The minimum Gasteiger partial charge on any atom is -0.494 e. The second-order valence-electron chi connectivity index (χ2n) is 13.3. The van der Waals surface area contributed by atoms with Crippen LogP contribution in [0.3, 0.4) is 0 Å². The fraction of sp³-hybridized carbons (Fsp3) is 0.500. The lowest BCUT2D eigenvalue weighted by atomic mass is 9.90. The van der Waals surface area contributed by atoms with Crippen molar-refractivity contribution in [1.82, 2.24) is 0 Å². The third-order valence-corrected chi connectivity index (χ3v) is 8.68. The van der Waals surface area contributed by atoms with E-state index in [0.717, 1.165) is 68.6 Å². The maximum absolute atomic E-state index is 14.5. The number of ether oxygens (including phenoxy) is 5. The molecule has 3 aromatic carbocycles. The van der Waals surface area contributed by atoms with Crippen molar-refractivity contribution >= 4 is 11.9 Å². The van der Waals surface area contributed by atoms with Gasteiger partial charge in [0, 0.05) is 18.1 Å². The number of unbranched alkanes of at least 4 members (excludes halogenated alkanes) is 7. The summed E-state index contributed by atoms with van der Waals surface area (Å²) in [6.07, 6.45) is 10.5. The number of hydrogen-bond donors (Lipinski definition) is 0. The molecule has 0 aliphatic carbocycles. The van der Waals surface area contributed by atoms with E-state index in [1.54, 1.807) is 12.1 Å². The zero-order chi connectivity index (χ0) is 34.2. The molecule has 48 heavy (non-hydrogen) atoms. The fourth-order valence-corrected chi connectivity index (χ4v) is 5.26. The van der Waals surface area contributed by atoms with E-state index in [1.807, 2.05) is 50.2 Å². The monoisotopic (exact) mass is 662 g/mol. The Morgan fingerprint density at radius 2 is 1.38 bits per heavy atom. The van der Waals surface area contributed by atoms with Gasteiger partial charge in [-0.2, -0.15) is 0 Å². The highest BCUT2D eigenvalue weighted by Gasteiger charge is 2.33. The summed E-state index contributed by atoms with van der Waals surface area (Å²) in [6.45, 7) is 10.4. The smallest absolute Gasteiger partial charge is 0.343 e. The number of rotatable bonds is 21. The van der Waals surface area contributed by atoms with E-state index in [-0.39, 0.29) is 29.3 Å². The first-order valence-corrected chi connectivity index (χ1v) is 17.4. The van der Waals surface area contributed by atoms with Crippen molar-refractivity contribution in [2.45, 2.75) is 78.6 Å². The van der Waals surface area contributed by atoms with Gasteiger partial charge in [0.2, 0.25) is 0 Å². The highest BCUT2D eigenvalue weighted by molar-refractivity contribution is 5.92. The molecule has 0 saturated carbocycles. The molecular weight excluding hydrogens is 611 g/mol. The second kappa shape index (κ2) is 19.3. The van der Waals surface area contributed by atoms with Crippen molar-refractivity contribution in [3.63, 3.8) is 0 Å². The summed E-state index contributed by atoms with van der Waals surface area (Å²) in [5.41, 5.74) is 2.31. The molecule has 8 heteroatoms. The van der Waals surface area contributed by atoms with Crippen molar-refractivity contribution < 1.29 is 37.7 Å². The molecule has 1 fully saturated rings. The van der Waals surface area contributed by atoms with E-state index < -0.39 is 17.8 Å². The molecule has 0 unspecified atom stereocenters. The molecule has 0 aromatic heterocycles. The minimum atomic E-state index is -0.804. The van der Waals surface area contributed by atoms with E-state index in [0.29, 0.717) is 12.2 Å². The molecule has 4 rings (SSSR count). The van der Waals surface area contributed by atoms with Crippen LogP contribution in [-0.2, 0) is 14.2 Å². The maximum Gasteiger partial charge on any atom is 0.343 e. The predicted octanol–water partition coefficient (Wildman–Crippen LogP) is 9.47. The van der Waals surface area contributed by atoms with E-state index in [4.69, 9.17) is 23.7 Å². The third kappa shape index (κ3) is 12.0. The SMILES string of the molecule is CC[C@@H](C)COC(=O)c1ccc(OC(=O)c2ccc(-c3ccc(OCCCCCCCCCCOCC4(C)COC4)cc3)cc2)cc1F. The average molecular weight is 663 g/mol. The molecule has 1 aliphatic rings. The van der Waals surface area contributed by atoms with Crippen LogP contribution in [0.15, 0.2) is 66.7 Å². The molecule has 0 radical (unpaired) electrons. The molecule has 3 aromatic rings. The van der Waals surface area contributed by atoms with Crippen LogP contribution < -0.4 is 9.47 Å². The Morgan fingerprint density at radius 1 is 0.792 bits per heavy atom. The number of esters is 2. The standard InChI is InChI=1S/C40H51FO7/c1-4-30(2)26-47-39(43)36-22-21-35(25-37(36)41)48-38(42)33-15-13-31(14-16-33)32-17-19-34(20-18-32)46-24-12-10-8-6-5-7-9-11-23-44-27-40(3)28-45-29-40/h13-22,25,30H,4-12,23-24,26-29H2,1-3H3/t30-/m1/s1. The van der Waals surface area contributed by atoms with Gasteiger partial charge in [-0.15, -0.1) is 0 Å². The molecule has 0 N–H and O–H groups in total. The highest BCUT2D eigenvalue weighted by Crippen LogP contribution is 2.27. The minimum absolute atomic E-state index is 0.00769. The average Bonchev–Trinajstić information content (AvgIpc) is 3.08. The summed E-state index contributed by atoms with van der Waals surface area (Å²) in [5, 5.41) is 0. The lowest BCUT2D eigenvalue weighted by Crippen LogP contribution is -2.43. The lowest BCUT2D eigenvalue weighted by molar-refractivity contribution is -0.137. The Hall–Kier alpha value is -3.75. The van der Waals surface area contributed by atoms with Crippen LogP contribution in [0.25, 0.3) is 11.1 Å². The van der Waals surface area contributed by atoms with Gasteiger partial charge in [-0.3, -0.25) is 0 Å². The number of benzene rings is 3. The van der Waals surface area contributed by atoms with Crippen LogP contribution in [0.5, 0.6) is 11.5 Å². The topological polar surface area (TPSA) is 80.3 Å². The molecule has 1 aliphatic heterocycles. The molecule has 7 nitrogen and oxygen atoms in total. The Morgan fingerprint density at radius 3 is 1.96 bits per heavy atom. The third-order valence-electron chi connectivity index (χ3n) is 8.68. The van der Waals surface area contributed by atoms with Gasteiger partial charge >= 0.3 is 11.9 Å². The van der Waals surface area contributed by atoms with Crippen LogP contribution in [0.1, 0.15) is 99.3 Å². The first-order chi connectivity index (χ1) is 23.3. The van der Waals surface area contributed by atoms with E-state index >= 15 is 0 Å². The van der Waals surface area contributed by atoms with Crippen LogP contribution in [0, 0.1) is 17.2 Å². The molecule has 1 heterocycles. The van der Waals surface area contributed by atoms with Crippen molar-refractivity contribution in [2.24, 2.45) is 11.3 Å². The van der Waals surface area contributed by atoms with Gasteiger partial charge in [0.15, 0.2) is 0 Å². The number of hydrogen-bond acceptors (Lipinski definition) is 7. The number of carbonyl (C=O) groups is 2. The Kier molecular flexibility index (Phi) is 14.9. The van der Waals surface area contributed by atoms with Crippen LogP contribution in [-0.4, -0.2) is 51.6 Å². The van der Waals surface area contributed by atoms with Gasteiger partial charge in [-0.1, -0.05) is 90.0 Å².